The van der Waals surface area contributed by atoms with E-state index in [9.17, 15) is 0 Å². The predicted octanol–water partition coefficient (Wildman–Crippen LogP) is 4.73. The van der Waals surface area contributed by atoms with Crippen LogP contribution in [0.3, 0.4) is 0 Å². The summed E-state index contributed by atoms with van der Waals surface area (Å²) in [4.78, 5) is 0. The number of allylic oxidation sites excluding steroid dienone is 1. The van der Waals surface area contributed by atoms with Crippen molar-refractivity contribution >= 4 is 11.6 Å². The van der Waals surface area contributed by atoms with Gasteiger partial charge in [-0.1, -0.05) is 41.1 Å². The number of aromatic nitrogens is 3. The molecular weight excluding hydrogens is 374 g/mol. The number of benzene rings is 2. The van der Waals surface area contributed by atoms with Gasteiger partial charge >= 0.3 is 0 Å². The highest BCUT2D eigenvalue weighted by Gasteiger charge is 2.06. The van der Waals surface area contributed by atoms with E-state index in [4.69, 9.17) is 21.1 Å². The first-order chi connectivity index (χ1) is 13.7. The van der Waals surface area contributed by atoms with Crippen molar-refractivity contribution in [2.24, 2.45) is 0 Å². The Bertz CT molecular complexity index is 906. The summed E-state index contributed by atoms with van der Waals surface area (Å²) in [6, 6.07) is 13.7. The van der Waals surface area contributed by atoms with Gasteiger partial charge in [0.1, 0.15) is 0 Å². The summed E-state index contributed by atoms with van der Waals surface area (Å²) in [7, 11) is 1.65. The first-order valence-electron chi connectivity index (χ1n) is 9.22. The van der Waals surface area contributed by atoms with E-state index in [2.05, 4.69) is 16.9 Å². The van der Waals surface area contributed by atoms with Crippen LogP contribution >= 0.6 is 11.6 Å². The number of halogens is 1. The van der Waals surface area contributed by atoms with Crippen LogP contribution in [0.2, 0.25) is 5.02 Å². The second kappa shape index (κ2) is 9.95. The lowest BCUT2D eigenvalue weighted by Gasteiger charge is -2.11. The Morgan fingerprint density at radius 1 is 1.11 bits per heavy atom. The fourth-order valence-electron chi connectivity index (χ4n) is 2.87. The van der Waals surface area contributed by atoms with Gasteiger partial charge in [-0.15, -0.1) is 11.7 Å². The third kappa shape index (κ3) is 5.60. The van der Waals surface area contributed by atoms with Crippen LogP contribution in [0, 0.1) is 0 Å². The van der Waals surface area contributed by atoms with E-state index in [0.29, 0.717) is 13.2 Å². The second-order valence-corrected chi connectivity index (χ2v) is 6.90. The summed E-state index contributed by atoms with van der Waals surface area (Å²) in [5.41, 5.74) is 3.23. The van der Waals surface area contributed by atoms with E-state index < -0.39 is 0 Å². The van der Waals surface area contributed by atoms with Gasteiger partial charge in [0.15, 0.2) is 11.5 Å². The molecule has 146 valence electrons. The summed E-state index contributed by atoms with van der Waals surface area (Å²) in [6.07, 6.45) is 6.30. The number of aryl methyl sites for hydroxylation is 1. The molecule has 28 heavy (non-hydrogen) atoms. The Labute approximate surface area is 170 Å². The van der Waals surface area contributed by atoms with Crippen molar-refractivity contribution in [3.8, 4) is 11.5 Å². The van der Waals surface area contributed by atoms with Crippen LogP contribution in [0.5, 0.6) is 11.5 Å². The standard InChI is InChI=1S/C22H24ClN3O2/c1-3-5-17-9-12-21(22(14-17)27-2)28-13-4-6-20-16-26(25-24-20)15-18-7-10-19(23)11-8-18/h3,7-12,14,16H,1,4-6,13,15H2,2H3. The number of hydrogen-bond acceptors (Lipinski definition) is 4. The first-order valence-corrected chi connectivity index (χ1v) is 9.60. The predicted molar refractivity (Wildman–Crippen MR) is 111 cm³/mol. The lowest BCUT2D eigenvalue weighted by Crippen LogP contribution is -2.02. The molecule has 0 unspecified atom stereocenters. The topological polar surface area (TPSA) is 49.2 Å². The van der Waals surface area contributed by atoms with Crippen molar-refractivity contribution in [3.63, 3.8) is 0 Å². The SMILES string of the molecule is C=CCc1ccc(OCCCc2cn(Cc3ccc(Cl)cc3)nn2)c(OC)c1. The number of rotatable bonds is 10. The Balaban J connectivity index is 1.47. The zero-order chi connectivity index (χ0) is 19.8. The van der Waals surface area contributed by atoms with Crippen LogP contribution in [-0.4, -0.2) is 28.7 Å². The molecular formula is C22H24ClN3O2. The quantitative estimate of drug-likeness (QED) is 0.366. The molecule has 0 atom stereocenters. The molecule has 6 heteroatoms. The smallest absolute Gasteiger partial charge is 0.161 e. The zero-order valence-corrected chi connectivity index (χ0v) is 16.7. The van der Waals surface area contributed by atoms with Crippen molar-refractivity contribution in [2.75, 3.05) is 13.7 Å². The van der Waals surface area contributed by atoms with Crippen molar-refractivity contribution in [1.82, 2.24) is 15.0 Å². The largest absolute Gasteiger partial charge is 0.493 e. The normalized spacial score (nSPS) is 10.6. The molecule has 1 aromatic heterocycles. The van der Waals surface area contributed by atoms with Gasteiger partial charge < -0.3 is 9.47 Å². The average molecular weight is 398 g/mol. The van der Waals surface area contributed by atoms with E-state index in [0.717, 1.165) is 52.6 Å². The van der Waals surface area contributed by atoms with Crippen LogP contribution in [0.25, 0.3) is 0 Å². The van der Waals surface area contributed by atoms with Crippen LogP contribution < -0.4 is 9.47 Å². The molecule has 1 heterocycles. The molecule has 0 aliphatic carbocycles. The lowest BCUT2D eigenvalue weighted by molar-refractivity contribution is 0.289. The lowest BCUT2D eigenvalue weighted by atomic mass is 10.1. The fraction of sp³-hybridized carbons (Fsp3) is 0.273. The van der Waals surface area contributed by atoms with Crippen LogP contribution in [-0.2, 0) is 19.4 Å². The van der Waals surface area contributed by atoms with Gasteiger partial charge in [-0.05, 0) is 54.7 Å². The molecule has 0 amide bonds. The van der Waals surface area contributed by atoms with Crippen LogP contribution in [0.1, 0.15) is 23.2 Å². The van der Waals surface area contributed by atoms with Crippen molar-refractivity contribution in [1.29, 1.82) is 0 Å². The third-order valence-electron chi connectivity index (χ3n) is 4.29. The molecule has 2 aromatic carbocycles. The molecule has 0 aliphatic heterocycles. The summed E-state index contributed by atoms with van der Waals surface area (Å²) >= 11 is 5.92. The Morgan fingerprint density at radius 2 is 1.89 bits per heavy atom. The molecule has 0 aliphatic rings. The van der Waals surface area contributed by atoms with E-state index >= 15 is 0 Å². The van der Waals surface area contributed by atoms with Crippen LogP contribution in [0.4, 0.5) is 0 Å². The minimum Gasteiger partial charge on any atom is -0.493 e. The van der Waals surface area contributed by atoms with Gasteiger partial charge in [-0.2, -0.15) is 0 Å². The number of methoxy groups -OCH3 is 1. The van der Waals surface area contributed by atoms with Gasteiger partial charge in [0.2, 0.25) is 0 Å². The van der Waals surface area contributed by atoms with Crippen LogP contribution in [0.15, 0.2) is 61.3 Å². The maximum absolute atomic E-state index is 5.92. The van der Waals surface area contributed by atoms with Gasteiger partial charge in [0.05, 0.1) is 26.0 Å². The second-order valence-electron chi connectivity index (χ2n) is 6.46. The first kappa shape index (κ1) is 20.0. The van der Waals surface area contributed by atoms with E-state index in [1.165, 1.54) is 0 Å². The molecule has 0 bridgehead atoms. The van der Waals surface area contributed by atoms with Gasteiger partial charge in [0, 0.05) is 11.2 Å². The molecule has 0 spiro atoms. The maximum atomic E-state index is 5.92. The van der Waals surface area contributed by atoms with E-state index in [1.807, 2.05) is 59.4 Å². The van der Waals surface area contributed by atoms with Gasteiger partial charge in [-0.25, -0.2) is 4.68 Å². The highest BCUT2D eigenvalue weighted by atomic mass is 35.5. The highest BCUT2D eigenvalue weighted by Crippen LogP contribution is 2.28. The Hall–Kier alpha value is -2.79. The highest BCUT2D eigenvalue weighted by molar-refractivity contribution is 6.30. The summed E-state index contributed by atoms with van der Waals surface area (Å²) in [6.45, 7) is 5.02. The summed E-state index contributed by atoms with van der Waals surface area (Å²) in [5, 5.41) is 9.16. The molecule has 0 N–H and O–H groups in total. The van der Waals surface area contributed by atoms with Gasteiger partial charge in [-0.3, -0.25) is 0 Å². The van der Waals surface area contributed by atoms with Gasteiger partial charge in [0.25, 0.3) is 0 Å². The molecule has 5 nitrogen and oxygen atoms in total. The van der Waals surface area contributed by atoms with Crippen molar-refractivity contribution in [2.45, 2.75) is 25.8 Å². The molecule has 0 radical (unpaired) electrons. The van der Waals surface area contributed by atoms with E-state index in [1.54, 1.807) is 7.11 Å². The third-order valence-corrected chi connectivity index (χ3v) is 4.54. The van der Waals surface area contributed by atoms with Crippen molar-refractivity contribution in [3.05, 3.63) is 83.2 Å². The molecule has 0 saturated carbocycles. The van der Waals surface area contributed by atoms with E-state index in [-0.39, 0.29) is 0 Å². The fourth-order valence-corrected chi connectivity index (χ4v) is 2.99. The zero-order valence-electron chi connectivity index (χ0n) is 16.0. The summed E-state index contributed by atoms with van der Waals surface area (Å²) in [5.74, 6) is 1.50. The summed E-state index contributed by atoms with van der Waals surface area (Å²) < 4.78 is 13.1. The minimum atomic E-state index is 0.585. The number of hydrogen-bond donors (Lipinski definition) is 0. The molecule has 3 aromatic rings. The van der Waals surface area contributed by atoms with Crippen molar-refractivity contribution < 1.29 is 9.47 Å². The monoisotopic (exact) mass is 397 g/mol. The molecule has 0 saturated heterocycles. The number of ether oxygens (including phenoxy) is 2. The molecule has 0 fully saturated rings. The average Bonchev–Trinajstić information content (AvgIpc) is 3.15. The minimum absolute atomic E-state index is 0.585. The Kier molecular flexibility index (Phi) is 7.09. The number of nitrogens with zero attached hydrogens (tertiary/aromatic N) is 3. The Morgan fingerprint density at radius 3 is 2.64 bits per heavy atom. The maximum Gasteiger partial charge on any atom is 0.161 e. The molecule has 3 rings (SSSR count).